The van der Waals surface area contributed by atoms with Gasteiger partial charge >= 0.3 is 0 Å². The first-order valence-corrected chi connectivity index (χ1v) is 3.87. The summed E-state index contributed by atoms with van der Waals surface area (Å²) in [6.45, 7) is 7.25. The largest absolute Gasteiger partial charge is 0.394 e. The van der Waals surface area contributed by atoms with E-state index in [-0.39, 0.29) is 13.2 Å². The van der Waals surface area contributed by atoms with Crippen molar-refractivity contribution in [3.8, 4) is 0 Å². The van der Waals surface area contributed by atoms with Crippen LogP contribution in [-0.2, 0) is 4.79 Å². The summed E-state index contributed by atoms with van der Waals surface area (Å²) in [7, 11) is 3.38. The van der Waals surface area contributed by atoms with Crippen LogP contribution in [0.4, 0.5) is 0 Å². The van der Waals surface area contributed by atoms with E-state index in [9.17, 15) is 4.79 Å². The molecule has 0 aliphatic carbocycles. The second kappa shape index (κ2) is 17.3. The monoisotopic (exact) mass is 191 g/mol. The van der Waals surface area contributed by atoms with Gasteiger partial charge in [-0.25, -0.2) is 0 Å². The Morgan fingerprint density at radius 1 is 1.31 bits per heavy atom. The van der Waals surface area contributed by atoms with E-state index in [0.29, 0.717) is 0 Å². The first-order valence-electron chi connectivity index (χ1n) is 3.87. The number of rotatable bonds is 2. The highest BCUT2D eigenvalue weighted by Crippen LogP contribution is 1.73. The molecule has 0 heterocycles. The highest BCUT2D eigenvalue weighted by Gasteiger charge is 1.68. The van der Waals surface area contributed by atoms with Gasteiger partial charge in [-0.3, -0.25) is 4.79 Å². The molecule has 0 radical (unpaired) electrons. The molecule has 0 aromatic carbocycles. The normalized spacial score (nSPS) is 6.92. The van der Waals surface area contributed by atoms with Gasteiger partial charge in [0, 0.05) is 14.1 Å². The van der Waals surface area contributed by atoms with Crippen LogP contribution < -0.4 is 0 Å². The third kappa shape index (κ3) is 204. The van der Waals surface area contributed by atoms with Crippen LogP contribution in [0.1, 0.15) is 13.8 Å². The van der Waals surface area contributed by atoms with Crippen LogP contribution in [0, 0.1) is 0 Å². The standard InChI is InChI=1S/C4H8.C3H7NO.C2H6O2/c1-4(2)3;1-4(2)3-5;3-1-2-4/h1H2,2-3H3;3H,1-2H3;3-4H,1-2H2. The van der Waals surface area contributed by atoms with Crippen molar-refractivity contribution in [3.05, 3.63) is 12.2 Å². The summed E-state index contributed by atoms with van der Waals surface area (Å²) in [5.41, 5.74) is 1.17. The van der Waals surface area contributed by atoms with Crippen molar-refractivity contribution in [2.24, 2.45) is 0 Å². The molecule has 0 aliphatic heterocycles. The molecule has 0 unspecified atom stereocenters. The number of hydrogen-bond donors (Lipinski definition) is 2. The topological polar surface area (TPSA) is 60.8 Å². The minimum atomic E-state index is -0.125. The van der Waals surface area contributed by atoms with E-state index in [1.807, 2.05) is 13.8 Å². The number of aliphatic hydroxyl groups is 2. The van der Waals surface area contributed by atoms with Crippen molar-refractivity contribution in [3.63, 3.8) is 0 Å². The SMILES string of the molecule is C=C(C)C.CN(C)C=O.OCCO. The minimum absolute atomic E-state index is 0.125. The van der Waals surface area contributed by atoms with Crippen molar-refractivity contribution in [2.75, 3.05) is 27.3 Å². The van der Waals surface area contributed by atoms with Gasteiger partial charge < -0.3 is 15.1 Å². The van der Waals surface area contributed by atoms with E-state index >= 15 is 0 Å². The minimum Gasteiger partial charge on any atom is -0.394 e. The highest BCUT2D eigenvalue weighted by molar-refractivity contribution is 5.45. The molecule has 0 fully saturated rings. The van der Waals surface area contributed by atoms with Crippen LogP contribution in [0.2, 0.25) is 0 Å². The summed E-state index contributed by atoms with van der Waals surface area (Å²) in [5, 5.41) is 15.2. The summed E-state index contributed by atoms with van der Waals surface area (Å²) in [6.07, 6.45) is 0.750. The van der Waals surface area contributed by atoms with Gasteiger partial charge in [-0.1, -0.05) is 5.57 Å². The summed E-state index contributed by atoms with van der Waals surface area (Å²) < 4.78 is 0. The Kier molecular flexibility index (Phi) is 24.0. The van der Waals surface area contributed by atoms with E-state index in [0.717, 1.165) is 6.41 Å². The Balaban J connectivity index is -0.000000117. The zero-order valence-electron chi connectivity index (χ0n) is 8.95. The van der Waals surface area contributed by atoms with E-state index in [1.165, 1.54) is 10.5 Å². The molecule has 0 saturated carbocycles. The molecule has 13 heavy (non-hydrogen) atoms. The van der Waals surface area contributed by atoms with Gasteiger partial charge in [-0.05, 0) is 13.8 Å². The molecule has 4 nitrogen and oxygen atoms in total. The maximum absolute atomic E-state index is 9.43. The lowest BCUT2D eigenvalue weighted by atomic mass is 10.4. The predicted octanol–water partition coefficient (Wildman–Crippen LogP) is 0.258. The van der Waals surface area contributed by atoms with Crippen LogP contribution in [0.15, 0.2) is 12.2 Å². The van der Waals surface area contributed by atoms with Crippen molar-refractivity contribution in [2.45, 2.75) is 13.8 Å². The maximum Gasteiger partial charge on any atom is 0.209 e. The van der Waals surface area contributed by atoms with Crippen LogP contribution >= 0.6 is 0 Å². The van der Waals surface area contributed by atoms with Gasteiger partial charge in [-0.2, -0.15) is 0 Å². The molecule has 0 saturated heterocycles. The third-order valence-corrected chi connectivity index (χ3v) is 0.311. The Labute approximate surface area is 80.5 Å². The molecule has 1 amide bonds. The zero-order chi connectivity index (χ0) is 11.3. The summed E-state index contributed by atoms with van der Waals surface area (Å²) in [6, 6.07) is 0. The van der Waals surface area contributed by atoms with Crippen molar-refractivity contribution >= 4 is 6.41 Å². The number of hydrogen-bond acceptors (Lipinski definition) is 3. The Hall–Kier alpha value is -0.870. The number of carbonyl (C=O) groups excluding carboxylic acids is 1. The van der Waals surface area contributed by atoms with E-state index in [2.05, 4.69) is 6.58 Å². The number of allylic oxidation sites excluding steroid dienone is 1. The molecular weight excluding hydrogens is 170 g/mol. The van der Waals surface area contributed by atoms with Gasteiger partial charge in [0.15, 0.2) is 0 Å². The molecular formula is C9H21NO3. The average molecular weight is 191 g/mol. The van der Waals surface area contributed by atoms with Crippen molar-refractivity contribution in [1.82, 2.24) is 4.90 Å². The fourth-order valence-corrected chi connectivity index (χ4v) is 0. The first-order chi connectivity index (χ1) is 5.92. The van der Waals surface area contributed by atoms with Gasteiger partial charge in [0.2, 0.25) is 6.41 Å². The van der Waals surface area contributed by atoms with E-state index in [4.69, 9.17) is 10.2 Å². The number of amides is 1. The summed E-state index contributed by atoms with van der Waals surface area (Å²) >= 11 is 0. The predicted molar refractivity (Wildman–Crippen MR) is 54.4 cm³/mol. The molecule has 0 bridgehead atoms. The number of nitrogens with zero attached hydrogens (tertiary/aromatic N) is 1. The third-order valence-electron chi connectivity index (χ3n) is 0.311. The van der Waals surface area contributed by atoms with Gasteiger partial charge in [0.05, 0.1) is 13.2 Å². The lowest BCUT2D eigenvalue weighted by Gasteiger charge is -1.93. The zero-order valence-corrected chi connectivity index (χ0v) is 8.95. The van der Waals surface area contributed by atoms with E-state index in [1.54, 1.807) is 14.1 Å². The van der Waals surface area contributed by atoms with Crippen molar-refractivity contribution < 1.29 is 15.0 Å². The molecule has 0 aromatic rings. The molecule has 80 valence electrons. The van der Waals surface area contributed by atoms with Crippen LogP contribution in [0.5, 0.6) is 0 Å². The Morgan fingerprint density at radius 3 is 1.46 bits per heavy atom. The first kappa shape index (κ1) is 18.0. The Bertz CT molecular complexity index is 107. The fraction of sp³-hybridized carbons (Fsp3) is 0.667. The number of carbonyl (C=O) groups is 1. The van der Waals surface area contributed by atoms with E-state index < -0.39 is 0 Å². The highest BCUT2D eigenvalue weighted by atomic mass is 16.3. The average Bonchev–Trinajstić information content (AvgIpc) is 2.04. The lowest BCUT2D eigenvalue weighted by molar-refractivity contribution is -0.115. The maximum atomic E-state index is 9.43. The van der Waals surface area contributed by atoms with Gasteiger partial charge in [-0.15, -0.1) is 6.58 Å². The molecule has 0 atom stereocenters. The van der Waals surface area contributed by atoms with Crippen molar-refractivity contribution in [1.29, 1.82) is 0 Å². The van der Waals surface area contributed by atoms with Crippen LogP contribution in [-0.4, -0.2) is 48.8 Å². The fourth-order valence-electron chi connectivity index (χ4n) is 0. The summed E-state index contributed by atoms with van der Waals surface area (Å²) in [4.78, 5) is 10.9. The smallest absolute Gasteiger partial charge is 0.209 e. The molecule has 0 aliphatic rings. The second-order valence-corrected chi connectivity index (χ2v) is 2.72. The van der Waals surface area contributed by atoms with Gasteiger partial charge in [0.1, 0.15) is 0 Å². The van der Waals surface area contributed by atoms with Crippen LogP contribution in [0.25, 0.3) is 0 Å². The molecule has 0 aromatic heterocycles. The molecule has 4 heteroatoms. The van der Waals surface area contributed by atoms with Gasteiger partial charge in [0.25, 0.3) is 0 Å². The lowest BCUT2D eigenvalue weighted by Crippen LogP contribution is -2.06. The van der Waals surface area contributed by atoms with Crippen LogP contribution in [0.3, 0.4) is 0 Å². The Morgan fingerprint density at radius 2 is 1.46 bits per heavy atom. The second-order valence-electron chi connectivity index (χ2n) is 2.72. The molecule has 0 rings (SSSR count). The number of aliphatic hydroxyl groups excluding tert-OH is 2. The molecule has 0 spiro atoms. The molecule has 2 N–H and O–H groups in total. The summed E-state index contributed by atoms with van der Waals surface area (Å²) in [5.74, 6) is 0. The quantitative estimate of drug-likeness (QED) is 0.486.